The van der Waals surface area contributed by atoms with Crippen LogP contribution in [0.4, 0.5) is 0 Å². The lowest BCUT2D eigenvalue weighted by Gasteiger charge is -2.61. The van der Waals surface area contributed by atoms with Gasteiger partial charge >= 0.3 is 0 Å². The van der Waals surface area contributed by atoms with Crippen LogP contribution in [0.3, 0.4) is 0 Å². The largest absolute Gasteiger partial charge is 0.497 e. The summed E-state index contributed by atoms with van der Waals surface area (Å²) in [6.45, 7) is 5.12. The standard InChI is InChI=1S/C26H37NO2/c1-25-14-12-22-19(8-11-23-26(22,2)15-13-24(28)27(23)3)21(25)10-9-20(25)17-6-5-7-18(16-17)29-4/h5-7,16,19-23H,8-15H2,1-4H3/t19-,20?,21-,22+,23?,25+,26+/m0/s1. The number of benzene rings is 1. The summed E-state index contributed by atoms with van der Waals surface area (Å²) in [5, 5.41) is 0. The average Bonchev–Trinajstić information content (AvgIpc) is 3.08. The second kappa shape index (κ2) is 6.75. The van der Waals surface area contributed by atoms with Crippen LogP contribution < -0.4 is 4.74 Å². The van der Waals surface area contributed by atoms with Crippen LogP contribution in [0.2, 0.25) is 0 Å². The molecule has 4 aliphatic rings. The summed E-state index contributed by atoms with van der Waals surface area (Å²) in [6.07, 6.45) is 9.73. The number of rotatable bonds is 2. The van der Waals surface area contributed by atoms with Crippen LogP contribution in [0.1, 0.15) is 76.7 Å². The molecule has 0 radical (unpaired) electrons. The topological polar surface area (TPSA) is 29.5 Å². The van der Waals surface area contributed by atoms with Gasteiger partial charge in [-0.05, 0) is 97.1 Å². The molecular weight excluding hydrogens is 358 g/mol. The Labute approximate surface area is 176 Å². The Morgan fingerprint density at radius 2 is 1.79 bits per heavy atom. The summed E-state index contributed by atoms with van der Waals surface area (Å²) in [5.74, 6) is 4.48. The van der Waals surface area contributed by atoms with Crippen molar-refractivity contribution in [3.63, 3.8) is 0 Å². The van der Waals surface area contributed by atoms with Crippen LogP contribution in [-0.4, -0.2) is 31.0 Å². The Kier molecular flexibility index (Phi) is 4.53. The van der Waals surface area contributed by atoms with E-state index in [9.17, 15) is 4.79 Å². The molecule has 1 aliphatic heterocycles. The number of nitrogens with zero attached hydrogens (tertiary/aromatic N) is 1. The lowest BCUT2D eigenvalue weighted by Crippen LogP contribution is -2.61. The first-order valence-corrected chi connectivity index (χ1v) is 11.8. The van der Waals surface area contributed by atoms with Crippen LogP contribution in [0.5, 0.6) is 5.75 Å². The molecule has 4 fully saturated rings. The van der Waals surface area contributed by atoms with Crippen molar-refractivity contribution in [1.82, 2.24) is 4.90 Å². The van der Waals surface area contributed by atoms with E-state index in [4.69, 9.17) is 4.74 Å². The highest BCUT2D eigenvalue weighted by molar-refractivity contribution is 5.77. The van der Waals surface area contributed by atoms with E-state index in [1.54, 1.807) is 7.11 Å². The molecule has 3 saturated carbocycles. The fourth-order valence-corrected chi connectivity index (χ4v) is 8.56. The van der Waals surface area contributed by atoms with E-state index < -0.39 is 0 Å². The Balaban J connectivity index is 1.44. The van der Waals surface area contributed by atoms with Gasteiger partial charge in [-0.1, -0.05) is 26.0 Å². The molecule has 0 bridgehead atoms. The van der Waals surface area contributed by atoms with Gasteiger partial charge in [-0.2, -0.15) is 0 Å². The highest BCUT2D eigenvalue weighted by Crippen LogP contribution is 2.68. The lowest BCUT2D eigenvalue weighted by atomic mass is 9.46. The first-order valence-electron chi connectivity index (χ1n) is 11.8. The average molecular weight is 396 g/mol. The van der Waals surface area contributed by atoms with Gasteiger partial charge in [0.1, 0.15) is 5.75 Å². The minimum atomic E-state index is 0.320. The minimum absolute atomic E-state index is 0.320. The molecule has 1 heterocycles. The zero-order valence-corrected chi connectivity index (χ0v) is 18.6. The third kappa shape index (κ3) is 2.72. The summed E-state index contributed by atoms with van der Waals surface area (Å²) >= 11 is 0. The number of hydrogen-bond acceptors (Lipinski definition) is 2. The number of methoxy groups -OCH3 is 1. The maximum Gasteiger partial charge on any atom is 0.222 e. The zero-order valence-electron chi connectivity index (χ0n) is 18.6. The molecule has 7 atom stereocenters. The maximum absolute atomic E-state index is 12.4. The summed E-state index contributed by atoms with van der Waals surface area (Å²) in [7, 11) is 3.83. The Hall–Kier alpha value is -1.51. The van der Waals surface area contributed by atoms with Gasteiger partial charge in [-0.15, -0.1) is 0 Å². The van der Waals surface area contributed by atoms with Crippen molar-refractivity contribution >= 4 is 5.91 Å². The van der Waals surface area contributed by atoms with E-state index >= 15 is 0 Å². The molecular formula is C26H37NO2. The molecule has 3 heteroatoms. The van der Waals surface area contributed by atoms with Crippen molar-refractivity contribution in [1.29, 1.82) is 0 Å². The molecule has 29 heavy (non-hydrogen) atoms. The Bertz CT molecular complexity index is 806. The van der Waals surface area contributed by atoms with E-state index in [-0.39, 0.29) is 0 Å². The van der Waals surface area contributed by atoms with Crippen LogP contribution in [0.25, 0.3) is 0 Å². The molecule has 1 aromatic carbocycles. The highest BCUT2D eigenvalue weighted by atomic mass is 16.5. The fourth-order valence-electron chi connectivity index (χ4n) is 8.56. The number of amides is 1. The van der Waals surface area contributed by atoms with Gasteiger partial charge in [-0.25, -0.2) is 0 Å². The molecule has 3 nitrogen and oxygen atoms in total. The molecule has 0 N–H and O–H groups in total. The molecule has 3 aliphatic carbocycles. The van der Waals surface area contributed by atoms with Crippen molar-refractivity contribution < 1.29 is 9.53 Å². The quantitative estimate of drug-likeness (QED) is 0.648. The molecule has 0 aromatic heterocycles. The number of hydrogen-bond donors (Lipinski definition) is 0. The Morgan fingerprint density at radius 1 is 1.00 bits per heavy atom. The van der Waals surface area contributed by atoms with Gasteiger partial charge in [-0.3, -0.25) is 4.79 Å². The van der Waals surface area contributed by atoms with Crippen molar-refractivity contribution in [3.05, 3.63) is 29.8 Å². The summed E-state index contributed by atoms with van der Waals surface area (Å²) in [5.41, 5.74) is 2.21. The van der Waals surface area contributed by atoms with Crippen molar-refractivity contribution in [3.8, 4) is 5.75 Å². The monoisotopic (exact) mass is 395 g/mol. The predicted octanol–water partition coefficient (Wildman–Crippen LogP) is 5.64. The first-order chi connectivity index (χ1) is 13.9. The van der Waals surface area contributed by atoms with Crippen molar-refractivity contribution in [2.24, 2.45) is 28.6 Å². The highest BCUT2D eigenvalue weighted by Gasteiger charge is 2.61. The third-order valence-corrected chi connectivity index (χ3v) is 10.1. The lowest BCUT2D eigenvalue weighted by molar-refractivity contribution is -0.157. The van der Waals surface area contributed by atoms with Gasteiger partial charge in [0.05, 0.1) is 7.11 Å². The fraction of sp³-hybridized carbons (Fsp3) is 0.731. The van der Waals surface area contributed by atoms with Crippen LogP contribution in [-0.2, 0) is 4.79 Å². The van der Waals surface area contributed by atoms with Crippen LogP contribution in [0, 0.1) is 28.6 Å². The number of carbonyl (C=O) groups is 1. The second-order valence-electron chi connectivity index (χ2n) is 10.9. The number of carbonyl (C=O) groups excluding carboxylic acids is 1. The first kappa shape index (κ1) is 19.5. The number of ether oxygens (including phenoxy) is 1. The van der Waals surface area contributed by atoms with E-state index in [0.717, 1.165) is 36.3 Å². The van der Waals surface area contributed by atoms with E-state index in [1.165, 1.54) is 44.1 Å². The molecule has 2 unspecified atom stereocenters. The van der Waals surface area contributed by atoms with Gasteiger partial charge < -0.3 is 9.64 Å². The van der Waals surface area contributed by atoms with Crippen LogP contribution in [0.15, 0.2) is 24.3 Å². The maximum atomic E-state index is 12.4. The van der Waals surface area contributed by atoms with Gasteiger partial charge in [0.2, 0.25) is 5.91 Å². The van der Waals surface area contributed by atoms with Crippen molar-refractivity contribution in [2.75, 3.05) is 14.2 Å². The van der Waals surface area contributed by atoms with Gasteiger partial charge in [0, 0.05) is 19.5 Å². The van der Waals surface area contributed by atoms with Crippen LogP contribution >= 0.6 is 0 Å². The van der Waals surface area contributed by atoms with Gasteiger partial charge in [0.25, 0.3) is 0 Å². The second-order valence-corrected chi connectivity index (χ2v) is 10.9. The molecule has 0 spiro atoms. The molecule has 5 rings (SSSR count). The SMILES string of the molecule is COc1cccc(C2CC[C@H]3[C@@H]4CCC5N(C)C(=O)CC[C@]5(C)[C@@H]4CC[C@]23C)c1. The number of fused-ring (bicyclic) bond motifs is 5. The Morgan fingerprint density at radius 3 is 2.59 bits per heavy atom. The van der Waals surface area contributed by atoms with E-state index in [0.29, 0.717) is 28.7 Å². The zero-order chi connectivity index (χ0) is 20.4. The molecule has 1 saturated heterocycles. The third-order valence-electron chi connectivity index (χ3n) is 10.1. The summed E-state index contributed by atoms with van der Waals surface area (Å²) in [6, 6.07) is 9.30. The molecule has 1 amide bonds. The number of likely N-dealkylation sites (tertiary alicyclic amines) is 1. The minimum Gasteiger partial charge on any atom is -0.497 e. The predicted molar refractivity (Wildman–Crippen MR) is 116 cm³/mol. The number of piperidine rings is 1. The smallest absolute Gasteiger partial charge is 0.222 e. The summed E-state index contributed by atoms with van der Waals surface area (Å²) < 4.78 is 5.53. The van der Waals surface area contributed by atoms with E-state index in [2.05, 4.69) is 50.1 Å². The normalized spacial score (nSPS) is 44.1. The molecule has 1 aromatic rings. The van der Waals surface area contributed by atoms with Gasteiger partial charge in [0.15, 0.2) is 0 Å². The van der Waals surface area contributed by atoms with Crippen molar-refractivity contribution in [2.45, 2.75) is 77.2 Å². The van der Waals surface area contributed by atoms with E-state index in [1.807, 2.05) is 0 Å². The molecule has 158 valence electrons. The summed E-state index contributed by atoms with van der Waals surface area (Å²) in [4.78, 5) is 14.5.